The zero-order valence-corrected chi connectivity index (χ0v) is 13.7. The first-order chi connectivity index (χ1) is 10.7. The van der Waals surface area contributed by atoms with Gasteiger partial charge in [0.25, 0.3) is 0 Å². The van der Waals surface area contributed by atoms with Crippen LogP contribution in [0.3, 0.4) is 0 Å². The van der Waals surface area contributed by atoms with Crippen LogP contribution in [0.15, 0.2) is 10.6 Å². The van der Waals surface area contributed by atoms with Gasteiger partial charge in [-0.3, -0.25) is 19.3 Å². The number of ketones is 1. The summed E-state index contributed by atoms with van der Waals surface area (Å²) < 4.78 is 9.76. The Kier molecular flexibility index (Phi) is 5.10. The maximum atomic E-state index is 12.2. The number of nitrogens with zero attached hydrogens (tertiary/aromatic N) is 1. The minimum absolute atomic E-state index is 0.0237. The minimum atomic E-state index is -0.862. The summed E-state index contributed by atoms with van der Waals surface area (Å²) in [5, 5.41) is 9.23. The molecule has 0 aliphatic carbocycles. The van der Waals surface area contributed by atoms with Gasteiger partial charge in [0.2, 0.25) is 5.91 Å². The normalized spacial score (nSPS) is 24.0. The molecule has 0 radical (unpaired) electrons. The first kappa shape index (κ1) is 17.5. The molecule has 0 saturated carbocycles. The van der Waals surface area contributed by atoms with Gasteiger partial charge in [0.15, 0.2) is 5.78 Å². The third-order valence-electron chi connectivity index (χ3n) is 3.38. The zero-order chi connectivity index (χ0) is 17.3. The standard InChI is InChI=1S/C14H17NO7S/c1-6(16)4-22-14(20)11-9(5-21-8(3)18)23-13-10(7(2)17)12(19)15(11)13/h7,10,13,17H,4-5H2,1-3H3/t7?,10-,13+/m0/s1. The number of β-lactam (4-membered cyclic amide) rings is 1. The molecule has 3 atom stereocenters. The van der Waals surface area contributed by atoms with Gasteiger partial charge in [-0.25, -0.2) is 4.79 Å². The number of carbonyl (C=O) groups is 4. The summed E-state index contributed by atoms with van der Waals surface area (Å²) in [5.74, 6) is -2.72. The fourth-order valence-corrected chi connectivity index (χ4v) is 3.86. The van der Waals surface area contributed by atoms with Crippen LogP contribution in [-0.4, -0.2) is 58.3 Å². The second-order valence-corrected chi connectivity index (χ2v) is 6.52. The van der Waals surface area contributed by atoms with E-state index in [9.17, 15) is 24.3 Å². The molecule has 1 fully saturated rings. The van der Waals surface area contributed by atoms with E-state index in [1.54, 1.807) is 0 Å². The number of carbonyl (C=O) groups excluding carboxylic acids is 4. The van der Waals surface area contributed by atoms with E-state index < -0.39 is 41.8 Å². The first-order valence-electron chi connectivity index (χ1n) is 6.95. The number of hydrogen-bond acceptors (Lipinski definition) is 8. The molecule has 8 nitrogen and oxygen atoms in total. The fourth-order valence-electron chi connectivity index (χ4n) is 2.35. The summed E-state index contributed by atoms with van der Waals surface area (Å²) >= 11 is 1.18. The average Bonchev–Trinajstić information content (AvgIpc) is 2.76. The predicted octanol–water partition coefficient (Wildman–Crippen LogP) is -0.195. The number of ether oxygens (including phenoxy) is 2. The van der Waals surface area contributed by atoms with Gasteiger partial charge < -0.3 is 14.6 Å². The molecule has 1 amide bonds. The Morgan fingerprint density at radius 2 is 1.96 bits per heavy atom. The third-order valence-corrected chi connectivity index (χ3v) is 4.72. The van der Waals surface area contributed by atoms with Gasteiger partial charge >= 0.3 is 11.9 Å². The predicted molar refractivity (Wildman–Crippen MR) is 78.7 cm³/mol. The molecule has 2 aliphatic heterocycles. The summed E-state index contributed by atoms with van der Waals surface area (Å²) in [7, 11) is 0. The molecule has 2 heterocycles. The third kappa shape index (κ3) is 3.40. The van der Waals surface area contributed by atoms with Gasteiger partial charge in [0.05, 0.1) is 16.9 Å². The van der Waals surface area contributed by atoms with Crippen molar-refractivity contribution >= 4 is 35.4 Å². The Labute approximate surface area is 136 Å². The number of fused-ring (bicyclic) bond motifs is 1. The monoisotopic (exact) mass is 343 g/mol. The van der Waals surface area contributed by atoms with Crippen LogP contribution in [-0.2, 0) is 28.7 Å². The lowest BCUT2D eigenvalue weighted by Crippen LogP contribution is -2.60. The average molecular weight is 343 g/mol. The highest BCUT2D eigenvalue weighted by molar-refractivity contribution is 8.04. The lowest BCUT2D eigenvalue weighted by atomic mass is 9.92. The Morgan fingerprint density at radius 1 is 1.30 bits per heavy atom. The van der Waals surface area contributed by atoms with Crippen molar-refractivity contribution in [2.75, 3.05) is 13.2 Å². The van der Waals surface area contributed by atoms with E-state index in [0.717, 1.165) is 0 Å². The second-order valence-electron chi connectivity index (χ2n) is 5.31. The van der Waals surface area contributed by atoms with Crippen LogP contribution in [0, 0.1) is 5.92 Å². The summed E-state index contributed by atoms with van der Waals surface area (Å²) in [6.07, 6.45) is -0.862. The number of hydrogen-bond donors (Lipinski definition) is 1. The molecule has 1 saturated heterocycles. The molecule has 2 aliphatic rings. The van der Waals surface area contributed by atoms with Crippen molar-refractivity contribution in [3.63, 3.8) is 0 Å². The highest BCUT2D eigenvalue weighted by Crippen LogP contribution is 2.50. The molecule has 0 aromatic carbocycles. The number of aliphatic hydroxyl groups is 1. The molecule has 2 rings (SSSR count). The minimum Gasteiger partial charge on any atom is -0.460 e. The van der Waals surface area contributed by atoms with Gasteiger partial charge in [0, 0.05) is 6.92 Å². The maximum absolute atomic E-state index is 12.2. The van der Waals surface area contributed by atoms with Gasteiger partial charge in [0.1, 0.15) is 24.3 Å². The molecule has 23 heavy (non-hydrogen) atoms. The van der Waals surface area contributed by atoms with E-state index in [1.807, 2.05) is 0 Å². The summed E-state index contributed by atoms with van der Waals surface area (Å²) in [4.78, 5) is 47.8. The largest absolute Gasteiger partial charge is 0.460 e. The smallest absolute Gasteiger partial charge is 0.356 e. The van der Waals surface area contributed by atoms with E-state index >= 15 is 0 Å². The topological polar surface area (TPSA) is 110 Å². The molecule has 126 valence electrons. The number of rotatable bonds is 6. The lowest BCUT2D eigenvalue weighted by Gasteiger charge is -2.43. The van der Waals surface area contributed by atoms with E-state index in [4.69, 9.17) is 9.47 Å². The van der Waals surface area contributed by atoms with Crippen molar-refractivity contribution < 1.29 is 33.8 Å². The molecule has 1 unspecified atom stereocenters. The molecule has 1 N–H and O–H groups in total. The molecule has 0 spiro atoms. The van der Waals surface area contributed by atoms with Gasteiger partial charge in [-0.05, 0) is 13.8 Å². The molecule has 9 heteroatoms. The SMILES string of the molecule is CC(=O)COC(=O)C1=C(COC(C)=O)S[C@@H]2[C@@H](C(C)O)C(=O)N12. The van der Waals surface area contributed by atoms with Crippen molar-refractivity contribution in [1.82, 2.24) is 4.90 Å². The van der Waals surface area contributed by atoms with E-state index in [1.165, 1.54) is 37.4 Å². The van der Waals surface area contributed by atoms with Crippen molar-refractivity contribution in [2.24, 2.45) is 5.92 Å². The molecule has 0 aromatic rings. The molecule has 0 bridgehead atoms. The maximum Gasteiger partial charge on any atom is 0.356 e. The summed E-state index contributed by atoms with van der Waals surface area (Å²) in [6, 6.07) is 0. The van der Waals surface area contributed by atoms with Crippen LogP contribution < -0.4 is 0 Å². The Balaban J connectivity index is 2.21. The van der Waals surface area contributed by atoms with Crippen molar-refractivity contribution in [3.05, 3.63) is 10.6 Å². The van der Waals surface area contributed by atoms with Crippen molar-refractivity contribution in [2.45, 2.75) is 32.2 Å². The van der Waals surface area contributed by atoms with E-state index in [-0.39, 0.29) is 18.1 Å². The second kappa shape index (κ2) is 6.71. The van der Waals surface area contributed by atoms with Crippen LogP contribution in [0.5, 0.6) is 0 Å². The van der Waals surface area contributed by atoms with Gasteiger partial charge in [-0.15, -0.1) is 0 Å². The van der Waals surface area contributed by atoms with Gasteiger partial charge in [-0.1, -0.05) is 11.8 Å². The summed E-state index contributed by atoms with van der Waals surface area (Å²) in [6.45, 7) is 3.43. The highest BCUT2D eigenvalue weighted by Gasteiger charge is 2.57. The molecular formula is C14H17NO7S. The Hall–Kier alpha value is -1.87. The van der Waals surface area contributed by atoms with Crippen molar-refractivity contribution in [3.8, 4) is 0 Å². The number of thioether (sulfide) groups is 1. The number of esters is 2. The quantitative estimate of drug-likeness (QED) is 0.522. The fraction of sp³-hybridized carbons (Fsp3) is 0.571. The summed E-state index contributed by atoms with van der Waals surface area (Å²) in [5.41, 5.74) is -0.0237. The van der Waals surface area contributed by atoms with Crippen LogP contribution in [0.25, 0.3) is 0 Å². The van der Waals surface area contributed by atoms with Crippen LogP contribution in [0.1, 0.15) is 20.8 Å². The lowest BCUT2D eigenvalue weighted by molar-refractivity contribution is -0.158. The Morgan fingerprint density at radius 3 is 2.48 bits per heavy atom. The number of Topliss-reactive ketones (excluding diaryl/α,β-unsaturated/α-hetero) is 1. The first-order valence-corrected chi connectivity index (χ1v) is 7.82. The zero-order valence-electron chi connectivity index (χ0n) is 12.9. The number of amides is 1. The van der Waals surface area contributed by atoms with E-state index in [0.29, 0.717) is 4.91 Å². The van der Waals surface area contributed by atoms with Crippen LogP contribution in [0.2, 0.25) is 0 Å². The molecule has 0 aromatic heterocycles. The van der Waals surface area contributed by atoms with Crippen LogP contribution in [0.4, 0.5) is 0 Å². The number of aliphatic hydroxyl groups excluding tert-OH is 1. The van der Waals surface area contributed by atoms with Crippen LogP contribution >= 0.6 is 11.8 Å². The highest BCUT2D eigenvalue weighted by atomic mass is 32.2. The van der Waals surface area contributed by atoms with E-state index in [2.05, 4.69) is 0 Å². The Bertz CT molecular complexity index is 598. The van der Waals surface area contributed by atoms with Gasteiger partial charge in [-0.2, -0.15) is 0 Å². The van der Waals surface area contributed by atoms with Crippen molar-refractivity contribution in [1.29, 1.82) is 0 Å². The molecular weight excluding hydrogens is 326 g/mol.